The Morgan fingerprint density at radius 3 is 2.07 bits per heavy atom. The molecule has 1 aromatic heterocycles. The average molecular weight is 411 g/mol. The van der Waals surface area contributed by atoms with E-state index in [1.165, 1.54) is 50.5 Å². The highest BCUT2D eigenvalue weighted by atomic mass is 16.5. The van der Waals surface area contributed by atoms with Crippen molar-refractivity contribution in [3.8, 4) is 0 Å². The van der Waals surface area contributed by atoms with Gasteiger partial charge >= 0.3 is 5.97 Å². The van der Waals surface area contributed by atoms with Crippen LogP contribution in [0.5, 0.6) is 0 Å². The first-order valence-electron chi connectivity index (χ1n) is 11.8. The Balaban J connectivity index is 1.86. The van der Waals surface area contributed by atoms with Gasteiger partial charge in [-0.1, -0.05) is 83.6 Å². The van der Waals surface area contributed by atoms with Crippen molar-refractivity contribution in [2.24, 2.45) is 0 Å². The van der Waals surface area contributed by atoms with Gasteiger partial charge in [0.2, 0.25) is 0 Å². The molecule has 0 fully saturated rings. The van der Waals surface area contributed by atoms with Gasteiger partial charge < -0.3 is 4.74 Å². The zero-order chi connectivity index (χ0) is 21.6. The summed E-state index contributed by atoms with van der Waals surface area (Å²) in [5.74, 6) is 0.442. The summed E-state index contributed by atoms with van der Waals surface area (Å²) in [7, 11) is 0. The molecule has 0 aliphatic heterocycles. The van der Waals surface area contributed by atoms with Crippen molar-refractivity contribution in [2.45, 2.75) is 97.5 Å². The van der Waals surface area contributed by atoms with E-state index in [2.05, 4.69) is 48.1 Å². The molecular formula is C26H38N2O2. The van der Waals surface area contributed by atoms with Crippen LogP contribution in [0.2, 0.25) is 0 Å². The third-order valence-electron chi connectivity index (χ3n) is 5.49. The molecule has 164 valence electrons. The van der Waals surface area contributed by atoms with Gasteiger partial charge in [0.25, 0.3) is 0 Å². The van der Waals surface area contributed by atoms with E-state index in [9.17, 15) is 4.79 Å². The van der Waals surface area contributed by atoms with Crippen LogP contribution in [0.25, 0.3) is 0 Å². The number of aryl methyl sites for hydroxylation is 2. The maximum absolute atomic E-state index is 12.6. The zero-order valence-electron chi connectivity index (χ0n) is 19.0. The minimum Gasteiger partial charge on any atom is -0.454 e. The maximum Gasteiger partial charge on any atom is 0.341 e. The Morgan fingerprint density at radius 1 is 0.833 bits per heavy atom. The predicted octanol–water partition coefficient (Wildman–Crippen LogP) is 7.03. The van der Waals surface area contributed by atoms with Gasteiger partial charge in [-0.2, -0.15) is 0 Å². The lowest BCUT2D eigenvalue weighted by Crippen LogP contribution is -2.12. The highest BCUT2D eigenvalue weighted by Gasteiger charge is 2.17. The number of esters is 1. The minimum atomic E-state index is -0.358. The zero-order valence-corrected chi connectivity index (χ0v) is 19.0. The van der Waals surface area contributed by atoms with Crippen LogP contribution in [0.4, 0.5) is 0 Å². The summed E-state index contributed by atoms with van der Waals surface area (Å²) in [6.45, 7) is 6.47. The molecule has 0 amide bonds. The lowest BCUT2D eigenvalue weighted by Gasteiger charge is -2.17. The molecule has 1 atom stereocenters. The van der Waals surface area contributed by atoms with Gasteiger partial charge in [0.05, 0.1) is 5.56 Å². The van der Waals surface area contributed by atoms with Crippen molar-refractivity contribution in [1.29, 1.82) is 0 Å². The largest absolute Gasteiger partial charge is 0.454 e. The van der Waals surface area contributed by atoms with Crippen molar-refractivity contribution < 1.29 is 9.53 Å². The van der Waals surface area contributed by atoms with E-state index >= 15 is 0 Å². The van der Waals surface area contributed by atoms with Gasteiger partial charge in [-0.05, 0) is 36.8 Å². The molecule has 1 unspecified atom stereocenters. The summed E-state index contributed by atoms with van der Waals surface area (Å²) in [5.41, 5.74) is 2.79. The Labute approximate surface area is 182 Å². The van der Waals surface area contributed by atoms with Crippen LogP contribution >= 0.6 is 0 Å². The molecule has 1 heterocycles. The summed E-state index contributed by atoms with van der Waals surface area (Å²) >= 11 is 0. The molecule has 0 aliphatic carbocycles. The van der Waals surface area contributed by atoms with E-state index in [0.717, 1.165) is 37.1 Å². The van der Waals surface area contributed by atoms with E-state index in [1.807, 2.05) is 6.92 Å². The summed E-state index contributed by atoms with van der Waals surface area (Å²) < 4.78 is 5.76. The van der Waals surface area contributed by atoms with Gasteiger partial charge in [0.15, 0.2) is 0 Å². The molecule has 4 heteroatoms. The first-order valence-corrected chi connectivity index (χ1v) is 11.8. The molecule has 0 saturated carbocycles. The fraction of sp³-hybridized carbons (Fsp3) is 0.577. The molecule has 0 spiro atoms. The Kier molecular flexibility index (Phi) is 11.1. The van der Waals surface area contributed by atoms with Crippen LogP contribution in [0.1, 0.15) is 112 Å². The summed E-state index contributed by atoms with van der Waals surface area (Å²) in [6, 6.07) is 8.47. The fourth-order valence-electron chi connectivity index (χ4n) is 3.54. The van der Waals surface area contributed by atoms with Crippen molar-refractivity contribution in [1.82, 2.24) is 9.97 Å². The molecule has 0 saturated heterocycles. The number of carbonyl (C=O) groups excluding carboxylic acids is 1. The van der Waals surface area contributed by atoms with Crippen LogP contribution in [-0.4, -0.2) is 15.9 Å². The summed E-state index contributed by atoms with van der Waals surface area (Å²) in [6.07, 6.45) is 15.4. The Morgan fingerprint density at radius 2 is 1.43 bits per heavy atom. The highest BCUT2D eigenvalue weighted by molar-refractivity contribution is 5.88. The fourth-order valence-corrected chi connectivity index (χ4v) is 3.54. The van der Waals surface area contributed by atoms with Gasteiger partial charge in [0, 0.05) is 18.8 Å². The van der Waals surface area contributed by atoms with E-state index in [1.54, 1.807) is 12.4 Å². The molecule has 30 heavy (non-hydrogen) atoms. The van der Waals surface area contributed by atoms with Crippen LogP contribution in [0, 0.1) is 0 Å². The molecule has 0 aliphatic rings. The number of hydrogen-bond donors (Lipinski definition) is 0. The monoisotopic (exact) mass is 410 g/mol. The normalized spacial score (nSPS) is 12.0. The van der Waals surface area contributed by atoms with Crippen LogP contribution in [0.3, 0.4) is 0 Å². The number of unbranched alkanes of at least 4 members (excludes halogenated alkanes) is 6. The molecule has 2 rings (SSSR count). The molecule has 0 N–H and O–H groups in total. The highest BCUT2D eigenvalue weighted by Crippen LogP contribution is 2.23. The van der Waals surface area contributed by atoms with E-state index < -0.39 is 0 Å². The quantitative estimate of drug-likeness (QED) is 0.248. The van der Waals surface area contributed by atoms with Gasteiger partial charge in [-0.25, -0.2) is 14.8 Å². The van der Waals surface area contributed by atoms with Gasteiger partial charge in [-0.15, -0.1) is 0 Å². The van der Waals surface area contributed by atoms with Crippen LogP contribution in [-0.2, 0) is 17.6 Å². The number of aromatic nitrogens is 2. The van der Waals surface area contributed by atoms with Crippen molar-refractivity contribution in [3.63, 3.8) is 0 Å². The van der Waals surface area contributed by atoms with E-state index in [-0.39, 0.29) is 12.1 Å². The minimum absolute atomic E-state index is 0.250. The number of hydrogen-bond acceptors (Lipinski definition) is 4. The van der Waals surface area contributed by atoms with Crippen LogP contribution in [0.15, 0.2) is 36.7 Å². The smallest absolute Gasteiger partial charge is 0.341 e. The number of carbonyl (C=O) groups is 1. The van der Waals surface area contributed by atoms with Crippen LogP contribution < -0.4 is 0 Å². The first kappa shape index (κ1) is 24.0. The average Bonchev–Trinajstić information content (AvgIpc) is 2.78. The Bertz CT molecular complexity index is 726. The lowest BCUT2D eigenvalue weighted by molar-refractivity contribution is 0.0286. The van der Waals surface area contributed by atoms with E-state index in [4.69, 9.17) is 4.74 Å². The Hall–Kier alpha value is -2.23. The number of rotatable bonds is 14. The standard InChI is InChI=1S/C26H38N2O2/c1-4-7-9-10-12-14-25-27-19-23(20-28-25)26(29)30-24(6-3)22-17-15-21(16-18-22)13-11-8-5-2/h15-20,24H,4-14H2,1-3H3. The maximum atomic E-state index is 12.6. The molecule has 0 radical (unpaired) electrons. The SMILES string of the molecule is CCCCCCCc1ncc(C(=O)OC(CC)c2ccc(CCCCC)cc2)cn1. The second-order valence-electron chi connectivity index (χ2n) is 8.05. The predicted molar refractivity (Wildman–Crippen MR) is 123 cm³/mol. The third kappa shape index (κ3) is 8.25. The lowest BCUT2D eigenvalue weighted by atomic mass is 10.0. The molecule has 2 aromatic rings. The van der Waals surface area contributed by atoms with Crippen molar-refractivity contribution in [3.05, 3.63) is 59.2 Å². The number of ether oxygens (including phenoxy) is 1. The molecule has 4 nitrogen and oxygen atoms in total. The van der Waals surface area contributed by atoms with E-state index in [0.29, 0.717) is 5.56 Å². The van der Waals surface area contributed by atoms with Crippen molar-refractivity contribution >= 4 is 5.97 Å². The molecule has 1 aromatic carbocycles. The molecular weight excluding hydrogens is 372 g/mol. The summed E-state index contributed by atoms with van der Waals surface area (Å²) in [5, 5.41) is 0. The van der Waals surface area contributed by atoms with Crippen molar-refractivity contribution in [2.75, 3.05) is 0 Å². The number of benzene rings is 1. The second kappa shape index (κ2) is 13.9. The topological polar surface area (TPSA) is 52.1 Å². The van der Waals surface area contributed by atoms with Gasteiger partial charge in [-0.3, -0.25) is 0 Å². The third-order valence-corrected chi connectivity index (χ3v) is 5.49. The molecule has 0 bridgehead atoms. The number of nitrogens with zero attached hydrogens (tertiary/aromatic N) is 2. The van der Waals surface area contributed by atoms with Gasteiger partial charge in [0.1, 0.15) is 11.9 Å². The first-order chi connectivity index (χ1) is 14.7. The second-order valence-corrected chi connectivity index (χ2v) is 8.05. The summed E-state index contributed by atoms with van der Waals surface area (Å²) in [4.78, 5) is 21.3.